The van der Waals surface area contributed by atoms with E-state index in [0.717, 1.165) is 0 Å². The quantitative estimate of drug-likeness (QED) is 0.692. The number of nitrogens with one attached hydrogen (secondary N) is 3. The van der Waals surface area contributed by atoms with Crippen molar-refractivity contribution in [2.24, 2.45) is 0 Å². The van der Waals surface area contributed by atoms with Crippen LogP contribution in [0.4, 0.5) is 4.79 Å². The molecule has 9 heteroatoms. The Labute approximate surface area is 129 Å². The van der Waals surface area contributed by atoms with E-state index in [1.165, 1.54) is 6.07 Å². The SMILES string of the molecule is O=C(COc1ccc(Cl)cc1Cl)NCC1NC(=O)NC1=O. The van der Waals surface area contributed by atoms with Gasteiger partial charge in [0.1, 0.15) is 11.8 Å². The number of rotatable bonds is 5. The molecular weight excluding hydrogens is 321 g/mol. The van der Waals surface area contributed by atoms with E-state index < -0.39 is 23.9 Å². The van der Waals surface area contributed by atoms with E-state index in [-0.39, 0.29) is 18.2 Å². The molecule has 1 heterocycles. The summed E-state index contributed by atoms with van der Waals surface area (Å²) in [5.41, 5.74) is 0. The number of carbonyl (C=O) groups is 3. The molecular formula is C12H11Cl2N3O4. The molecule has 1 saturated heterocycles. The zero-order valence-corrected chi connectivity index (χ0v) is 12.1. The fourth-order valence-electron chi connectivity index (χ4n) is 1.61. The van der Waals surface area contributed by atoms with E-state index in [9.17, 15) is 14.4 Å². The Morgan fingerprint density at radius 3 is 2.71 bits per heavy atom. The van der Waals surface area contributed by atoms with Gasteiger partial charge in [-0.1, -0.05) is 23.2 Å². The van der Waals surface area contributed by atoms with Crippen molar-refractivity contribution in [1.29, 1.82) is 0 Å². The first-order chi connectivity index (χ1) is 9.95. The Balaban J connectivity index is 1.77. The smallest absolute Gasteiger partial charge is 0.322 e. The van der Waals surface area contributed by atoms with Crippen molar-refractivity contribution in [2.75, 3.05) is 13.2 Å². The van der Waals surface area contributed by atoms with Crippen molar-refractivity contribution in [3.05, 3.63) is 28.2 Å². The highest BCUT2D eigenvalue weighted by atomic mass is 35.5. The highest BCUT2D eigenvalue weighted by Gasteiger charge is 2.29. The molecule has 1 atom stereocenters. The third-order valence-electron chi connectivity index (χ3n) is 2.61. The van der Waals surface area contributed by atoms with Crippen LogP contribution in [-0.4, -0.2) is 37.0 Å². The van der Waals surface area contributed by atoms with E-state index in [1.807, 2.05) is 0 Å². The summed E-state index contributed by atoms with van der Waals surface area (Å²) in [7, 11) is 0. The van der Waals surface area contributed by atoms with E-state index in [2.05, 4.69) is 16.0 Å². The van der Waals surface area contributed by atoms with Gasteiger partial charge < -0.3 is 15.4 Å². The second kappa shape index (κ2) is 6.64. The second-order valence-corrected chi connectivity index (χ2v) is 5.03. The predicted octanol–water partition coefficient (Wildman–Crippen LogP) is 0.696. The highest BCUT2D eigenvalue weighted by molar-refractivity contribution is 6.35. The third-order valence-corrected chi connectivity index (χ3v) is 3.15. The van der Waals surface area contributed by atoms with Crippen LogP contribution in [0.3, 0.4) is 0 Å². The number of imide groups is 1. The first-order valence-electron chi connectivity index (χ1n) is 5.91. The maximum absolute atomic E-state index is 11.6. The number of halogens is 2. The molecule has 1 aromatic rings. The molecule has 3 N–H and O–H groups in total. The Bertz CT molecular complexity index is 594. The molecule has 0 aromatic heterocycles. The van der Waals surface area contributed by atoms with Gasteiger partial charge >= 0.3 is 6.03 Å². The number of urea groups is 1. The summed E-state index contributed by atoms with van der Waals surface area (Å²) in [5.74, 6) is -0.611. The lowest BCUT2D eigenvalue weighted by atomic mass is 10.3. The molecule has 1 fully saturated rings. The number of benzene rings is 1. The lowest BCUT2D eigenvalue weighted by molar-refractivity contribution is -0.123. The lowest BCUT2D eigenvalue weighted by Gasteiger charge is -2.11. The minimum absolute atomic E-state index is 0.0197. The van der Waals surface area contributed by atoms with Crippen molar-refractivity contribution >= 4 is 41.0 Å². The molecule has 0 bridgehead atoms. The molecule has 0 spiro atoms. The number of ether oxygens (including phenoxy) is 1. The summed E-state index contributed by atoms with van der Waals surface area (Å²) >= 11 is 11.6. The van der Waals surface area contributed by atoms with E-state index in [0.29, 0.717) is 10.8 Å². The zero-order chi connectivity index (χ0) is 15.4. The molecule has 0 radical (unpaired) electrons. The summed E-state index contributed by atoms with van der Waals surface area (Å²) in [5, 5.41) is 7.63. The van der Waals surface area contributed by atoms with Gasteiger partial charge in [0.15, 0.2) is 6.61 Å². The average Bonchev–Trinajstić information content (AvgIpc) is 2.73. The summed E-state index contributed by atoms with van der Waals surface area (Å²) in [6, 6.07) is 3.26. The Morgan fingerprint density at radius 1 is 1.33 bits per heavy atom. The zero-order valence-electron chi connectivity index (χ0n) is 10.6. The van der Waals surface area contributed by atoms with E-state index in [1.54, 1.807) is 12.1 Å². The van der Waals surface area contributed by atoms with Gasteiger partial charge in [0.25, 0.3) is 11.8 Å². The fourth-order valence-corrected chi connectivity index (χ4v) is 2.07. The fraction of sp³-hybridized carbons (Fsp3) is 0.250. The van der Waals surface area contributed by atoms with Crippen molar-refractivity contribution in [1.82, 2.24) is 16.0 Å². The predicted molar refractivity (Wildman–Crippen MR) is 75.4 cm³/mol. The minimum Gasteiger partial charge on any atom is -0.482 e. The number of amides is 4. The minimum atomic E-state index is -0.777. The first kappa shape index (κ1) is 15.4. The molecule has 1 unspecified atom stereocenters. The Hall–Kier alpha value is -1.99. The van der Waals surface area contributed by atoms with Crippen molar-refractivity contribution in [3.63, 3.8) is 0 Å². The molecule has 1 aromatic carbocycles. The van der Waals surface area contributed by atoms with Crippen LogP contribution in [0.5, 0.6) is 5.75 Å². The maximum Gasteiger partial charge on any atom is 0.322 e. The summed E-state index contributed by atoms with van der Waals surface area (Å²) in [6.45, 7) is -0.294. The van der Waals surface area contributed by atoms with Crippen LogP contribution in [0.25, 0.3) is 0 Å². The Morgan fingerprint density at radius 2 is 2.10 bits per heavy atom. The monoisotopic (exact) mass is 331 g/mol. The molecule has 1 aliphatic heterocycles. The van der Waals surface area contributed by atoms with Crippen molar-refractivity contribution in [2.45, 2.75) is 6.04 Å². The largest absolute Gasteiger partial charge is 0.482 e. The van der Waals surface area contributed by atoms with Crippen LogP contribution in [0.15, 0.2) is 18.2 Å². The number of carbonyl (C=O) groups excluding carboxylic acids is 3. The molecule has 112 valence electrons. The standard InChI is InChI=1S/C12H11Cl2N3O4/c13-6-1-2-9(7(14)3-6)21-5-10(18)15-4-8-11(19)17-12(20)16-8/h1-3,8H,4-5H2,(H,15,18)(H2,16,17,19,20). The topological polar surface area (TPSA) is 96.5 Å². The maximum atomic E-state index is 11.6. The molecule has 0 saturated carbocycles. The van der Waals surface area contributed by atoms with Gasteiger partial charge in [-0.15, -0.1) is 0 Å². The van der Waals surface area contributed by atoms with Crippen molar-refractivity contribution in [3.8, 4) is 5.75 Å². The molecule has 0 aliphatic carbocycles. The molecule has 21 heavy (non-hydrogen) atoms. The van der Waals surface area contributed by atoms with Gasteiger partial charge in [-0.2, -0.15) is 0 Å². The van der Waals surface area contributed by atoms with Crippen LogP contribution in [0, 0.1) is 0 Å². The van der Waals surface area contributed by atoms with Gasteiger partial charge in [-0.05, 0) is 18.2 Å². The van der Waals surface area contributed by atoms with Crippen LogP contribution in [-0.2, 0) is 9.59 Å². The summed E-state index contributed by atoms with van der Waals surface area (Å²) in [4.78, 5) is 33.7. The van der Waals surface area contributed by atoms with Crippen LogP contribution in [0.2, 0.25) is 10.0 Å². The first-order valence-corrected chi connectivity index (χ1v) is 6.67. The van der Waals surface area contributed by atoms with Crippen molar-refractivity contribution < 1.29 is 19.1 Å². The van der Waals surface area contributed by atoms with E-state index >= 15 is 0 Å². The van der Waals surface area contributed by atoms with Gasteiger partial charge in [-0.3, -0.25) is 14.9 Å². The van der Waals surface area contributed by atoms with Gasteiger partial charge in [0.2, 0.25) is 0 Å². The number of hydrogen-bond donors (Lipinski definition) is 3. The second-order valence-electron chi connectivity index (χ2n) is 4.18. The van der Waals surface area contributed by atoms with Crippen LogP contribution >= 0.6 is 23.2 Å². The highest BCUT2D eigenvalue weighted by Crippen LogP contribution is 2.27. The molecule has 1 aliphatic rings. The normalized spacial score (nSPS) is 17.1. The molecule has 4 amide bonds. The lowest BCUT2D eigenvalue weighted by Crippen LogP contribution is -2.43. The molecule has 2 rings (SSSR count). The van der Waals surface area contributed by atoms with E-state index in [4.69, 9.17) is 27.9 Å². The van der Waals surface area contributed by atoms with Gasteiger partial charge in [0, 0.05) is 11.6 Å². The van der Waals surface area contributed by atoms with Gasteiger partial charge in [-0.25, -0.2) is 4.79 Å². The third kappa shape index (κ3) is 4.24. The summed E-state index contributed by atoms with van der Waals surface area (Å²) in [6.07, 6.45) is 0. The average molecular weight is 332 g/mol. The summed E-state index contributed by atoms with van der Waals surface area (Å²) < 4.78 is 5.23. The number of hydrogen-bond acceptors (Lipinski definition) is 4. The Kier molecular flexibility index (Phi) is 4.87. The van der Waals surface area contributed by atoms with Crippen LogP contribution in [0.1, 0.15) is 0 Å². The van der Waals surface area contributed by atoms with Crippen LogP contribution < -0.4 is 20.7 Å². The molecule has 7 nitrogen and oxygen atoms in total. The van der Waals surface area contributed by atoms with Gasteiger partial charge in [0.05, 0.1) is 5.02 Å².